The van der Waals surface area contributed by atoms with Crippen LogP contribution in [-0.4, -0.2) is 54.2 Å². The fourth-order valence-electron chi connectivity index (χ4n) is 1.69. The minimum Gasteiger partial charge on any atom is -0.481 e. The molecule has 0 radical (unpaired) electrons. The number of hydrogen-bond acceptors (Lipinski definition) is 3. The molecule has 1 fully saturated rings. The molecule has 2 amide bonds. The zero-order valence-electron chi connectivity index (χ0n) is 9.06. The van der Waals surface area contributed by atoms with Crippen LogP contribution >= 0.6 is 0 Å². The van der Waals surface area contributed by atoms with E-state index < -0.39 is 5.97 Å². The largest absolute Gasteiger partial charge is 0.481 e. The molecule has 1 aliphatic heterocycles. The zero-order chi connectivity index (χ0) is 11.4. The first kappa shape index (κ1) is 11.8. The number of rotatable bonds is 3. The molecule has 0 aromatic carbocycles. The van der Waals surface area contributed by atoms with Crippen LogP contribution in [0.5, 0.6) is 0 Å². The summed E-state index contributed by atoms with van der Waals surface area (Å²) < 4.78 is 0. The number of aliphatic carboxylic acids is 1. The number of hydrogen-bond donors (Lipinski definition) is 2. The summed E-state index contributed by atoms with van der Waals surface area (Å²) in [5.41, 5.74) is 2.63. The maximum Gasteiger partial charge on any atom is 0.331 e. The Morgan fingerprint density at radius 3 is 2.73 bits per heavy atom. The summed E-state index contributed by atoms with van der Waals surface area (Å²) in [5, 5.41) is 10.2. The molecule has 0 aromatic rings. The molecular formula is C9H17N3O3. The smallest absolute Gasteiger partial charge is 0.331 e. The summed E-state index contributed by atoms with van der Waals surface area (Å²) in [6, 6.07) is -0.159. The lowest BCUT2D eigenvalue weighted by atomic mass is 10.1. The summed E-state index contributed by atoms with van der Waals surface area (Å²) in [6.07, 6.45) is 0.916. The van der Waals surface area contributed by atoms with Crippen molar-refractivity contribution in [2.45, 2.75) is 12.8 Å². The first-order chi connectivity index (χ1) is 6.99. The summed E-state index contributed by atoms with van der Waals surface area (Å²) in [5.74, 6) is -0.703. The first-order valence-electron chi connectivity index (χ1n) is 4.93. The molecule has 0 spiro atoms. The monoisotopic (exact) mass is 215 g/mol. The molecule has 2 N–H and O–H groups in total. The third-order valence-electron chi connectivity index (χ3n) is 2.36. The Morgan fingerprint density at radius 1 is 1.53 bits per heavy atom. The van der Waals surface area contributed by atoms with Crippen LogP contribution in [0.15, 0.2) is 0 Å². The van der Waals surface area contributed by atoms with Crippen LogP contribution in [0.3, 0.4) is 0 Å². The SMILES string of the molecule is CN(C)NC(=O)N1CCC(CC(=O)O)C1. The van der Waals surface area contributed by atoms with Crippen molar-refractivity contribution in [2.75, 3.05) is 27.2 Å². The van der Waals surface area contributed by atoms with Gasteiger partial charge in [-0.3, -0.25) is 10.2 Å². The Kier molecular flexibility index (Phi) is 3.90. The van der Waals surface area contributed by atoms with E-state index in [1.54, 1.807) is 24.0 Å². The van der Waals surface area contributed by atoms with Gasteiger partial charge in [-0.25, -0.2) is 9.80 Å². The van der Waals surface area contributed by atoms with Crippen molar-refractivity contribution in [1.82, 2.24) is 15.3 Å². The fourth-order valence-corrected chi connectivity index (χ4v) is 1.69. The van der Waals surface area contributed by atoms with Gasteiger partial charge in [0.25, 0.3) is 0 Å². The number of hydrazine groups is 1. The molecule has 15 heavy (non-hydrogen) atoms. The third-order valence-corrected chi connectivity index (χ3v) is 2.36. The predicted molar refractivity (Wildman–Crippen MR) is 54.2 cm³/mol. The second kappa shape index (κ2) is 4.97. The molecule has 86 valence electrons. The Labute approximate surface area is 88.8 Å². The van der Waals surface area contributed by atoms with Crippen LogP contribution in [0.2, 0.25) is 0 Å². The Balaban J connectivity index is 2.35. The van der Waals surface area contributed by atoms with Crippen molar-refractivity contribution in [2.24, 2.45) is 5.92 Å². The average Bonchev–Trinajstić information content (AvgIpc) is 2.50. The number of amides is 2. The number of carbonyl (C=O) groups is 2. The number of nitrogens with one attached hydrogen (secondary N) is 1. The van der Waals surface area contributed by atoms with Gasteiger partial charge >= 0.3 is 12.0 Å². The van der Waals surface area contributed by atoms with E-state index in [0.29, 0.717) is 13.1 Å². The highest BCUT2D eigenvalue weighted by Gasteiger charge is 2.27. The van der Waals surface area contributed by atoms with Crippen LogP contribution in [0.1, 0.15) is 12.8 Å². The molecule has 1 rings (SSSR count). The van der Waals surface area contributed by atoms with Crippen molar-refractivity contribution in [3.05, 3.63) is 0 Å². The van der Waals surface area contributed by atoms with Gasteiger partial charge in [0.2, 0.25) is 0 Å². The van der Waals surface area contributed by atoms with Gasteiger partial charge < -0.3 is 10.0 Å². The molecule has 1 heterocycles. The molecule has 1 unspecified atom stereocenters. The fraction of sp³-hybridized carbons (Fsp3) is 0.778. The topological polar surface area (TPSA) is 72.9 Å². The minimum atomic E-state index is -0.796. The number of carbonyl (C=O) groups excluding carboxylic acids is 1. The Hall–Kier alpha value is -1.30. The number of carboxylic acids is 1. The van der Waals surface area contributed by atoms with Gasteiger partial charge in [0, 0.05) is 33.6 Å². The van der Waals surface area contributed by atoms with E-state index in [4.69, 9.17) is 5.11 Å². The summed E-state index contributed by atoms with van der Waals surface area (Å²) in [6.45, 7) is 1.17. The summed E-state index contributed by atoms with van der Waals surface area (Å²) >= 11 is 0. The quantitative estimate of drug-likeness (QED) is 0.648. The highest BCUT2D eigenvalue weighted by Crippen LogP contribution is 2.19. The van der Waals surface area contributed by atoms with Crippen molar-refractivity contribution in [3.8, 4) is 0 Å². The molecule has 0 bridgehead atoms. The molecule has 6 heteroatoms. The highest BCUT2D eigenvalue weighted by atomic mass is 16.4. The first-order valence-corrected chi connectivity index (χ1v) is 4.93. The molecule has 1 saturated heterocycles. The second-order valence-electron chi connectivity index (χ2n) is 4.01. The maximum absolute atomic E-state index is 11.5. The second-order valence-corrected chi connectivity index (χ2v) is 4.01. The van der Waals surface area contributed by atoms with Crippen LogP contribution in [-0.2, 0) is 4.79 Å². The van der Waals surface area contributed by atoms with E-state index in [0.717, 1.165) is 6.42 Å². The van der Waals surface area contributed by atoms with Gasteiger partial charge in [-0.2, -0.15) is 0 Å². The van der Waals surface area contributed by atoms with Crippen LogP contribution in [0.4, 0.5) is 4.79 Å². The van der Waals surface area contributed by atoms with Crippen molar-refractivity contribution in [1.29, 1.82) is 0 Å². The van der Waals surface area contributed by atoms with E-state index in [9.17, 15) is 9.59 Å². The van der Waals surface area contributed by atoms with Crippen LogP contribution < -0.4 is 5.43 Å². The van der Waals surface area contributed by atoms with Crippen molar-refractivity contribution >= 4 is 12.0 Å². The zero-order valence-corrected chi connectivity index (χ0v) is 9.06. The van der Waals surface area contributed by atoms with E-state index in [1.807, 2.05) is 0 Å². The standard InChI is InChI=1S/C9H17N3O3/c1-11(2)10-9(15)12-4-3-7(6-12)5-8(13)14/h7H,3-6H2,1-2H3,(H,10,15)(H,13,14). The molecule has 0 saturated carbocycles. The van der Waals surface area contributed by atoms with Gasteiger partial charge in [0.05, 0.1) is 0 Å². The highest BCUT2D eigenvalue weighted by molar-refractivity contribution is 5.74. The summed E-state index contributed by atoms with van der Waals surface area (Å²) in [4.78, 5) is 23.6. The van der Waals surface area contributed by atoms with Gasteiger partial charge in [-0.1, -0.05) is 0 Å². The lowest BCUT2D eigenvalue weighted by Gasteiger charge is -2.20. The van der Waals surface area contributed by atoms with E-state index >= 15 is 0 Å². The molecule has 1 atom stereocenters. The number of urea groups is 1. The normalized spacial score (nSPS) is 20.7. The van der Waals surface area contributed by atoms with Crippen LogP contribution in [0, 0.1) is 5.92 Å². The molecular weight excluding hydrogens is 198 g/mol. The van der Waals surface area contributed by atoms with E-state index in [-0.39, 0.29) is 18.4 Å². The minimum absolute atomic E-state index is 0.0930. The Morgan fingerprint density at radius 2 is 2.20 bits per heavy atom. The van der Waals surface area contributed by atoms with Gasteiger partial charge in [0.1, 0.15) is 0 Å². The van der Waals surface area contributed by atoms with Crippen molar-refractivity contribution in [3.63, 3.8) is 0 Å². The number of nitrogens with zero attached hydrogens (tertiary/aromatic N) is 2. The molecule has 0 aliphatic carbocycles. The molecule has 6 nitrogen and oxygen atoms in total. The Bertz CT molecular complexity index is 255. The lowest BCUT2D eigenvalue weighted by Crippen LogP contribution is -2.45. The average molecular weight is 215 g/mol. The summed E-state index contributed by atoms with van der Waals surface area (Å²) in [7, 11) is 3.48. The van der Waals surface area contributed by atoms with Gasteiger partial charge in [-0.05, 0) is 12.3 Å². The molecule has 0 aromatic heterocycles. The third kappa shape index (κ3) is 3.75. The van der Waals surface area contributed by atoms with E-state index in [2.05, 4.69) is 5.43 Å². The number of likely N-dealkylation sites (tertiary alicyclic amines) is 1. The molecule has 1 aliphatic rings. The lowest BCUT2D eigenvalue weighted by molar-refractivity contribution is -0.138. The number of carboxylic acid groups (broad SMARTS) is 1. The maximum atomic E-state index is 11.5. The predicted octanol–water partition coefficient (Wildman–Crippen LogP) is -0.0308. The van der Waals surface area contributed by atoms with Gasteiger partial charge in [0.15, 0.2) is 0 Å². The van der Waals surface area contributed by atoms with Crippen molar-refractivity contribution < 1.29 is 14.7 Å². The van der Waals surface area contributed by atoms with Gasteiger partial charge in [-0.15, -0.1) is 0 Å². The van der Waals surface area contributed by atoms with E-state index in [1.165, 1.54) is 0 Å². The van der Waals surface area contributed by atoms with Crippen LogP contribution in [0.25, 0.3) is 0 Å².